The number of aromatic nitrogens is 1. The zero-order valence-electron chi connectivity index (χ0n) is 12.4. The summed E-state index contributed by atoms with van der Waals surface area (Å²) >= 11 is 0. The van der Waals surface area contributed by atoms with Crippen LogP contribution >= 0.6 is 0 Å². The van der Waals surface area contributed by atoms with Gasteiger partial charge in [0, 0.05) is 5.56 Å². The second-order valence-corrected chi connectivity index (χ2v) is 5.26. The van der Waals surface area contributed by atoms with E-state index in [1.165, 1.54) is 12.5 Å². The Balaban J connectivity index is 1.82. The molecule has 0 radical (unpaired) electrons. The van der Waals surface area contributed by atoms with Crippen molar-refractivity contribution in [1.29, 1.82) is 0 Å². The van der Waals surface area contributed by atoms with Crippen LogP contribution < -0.4 is 0 Å². The van der Waals surface area contributed by atoms with E-state index in [4.69, 9.17) is 9.15 Å². The highest BCUT2D eigenvalue weighted by atomic mass is 16.5. The van der Waals surface area contributed by atoms with Gasteiger partial charge in [-0.05, 0) is 41.1 Å². The van der Waals surface area contributed by atoms with Crippen molar-refractivity contribution >= 4 is 27.8 Å². The molecular weight excluding hydrogens is 290 g/mol. The molecule has 0 atom stereocenters. The van der Waals surface area contributed by atoms with Crippen molar-refractivity contribution in [3.63, 3.8) is 0 Å². The second-order valence-electron chi connectivity index (χ2n) is 5.26. The molecule has 3 aromatic carbocycles. The van der Waals surface area contributed by atoms with Gasteiger partial charge in [0.15, 0.2) is 5.58 Å². The molecule has 0 unspecified atom stereocenters. The van der Waals surface area contributed by atoms with Crippen molar-refractivity contribution in [3.05, 3.63) is 66.2 Å². The quantitative estimate of drug-likeness (QED) is 0.514. The standard InChI is InChI=1S/C19H13NO3/c1-22-19(21)15-8-9-16-17(11-15)23-18(20-16)14-7-6-12-4-2-3-5-13(12)10-14/h2-11H,1H3. The van der Waals surface area contributed by atoms with Gasteiger partial charge in [0.1, 0.15) is 5.52 Å². The number of ether oxygens (including phenoxy) is 1. The molecular formula is C19H13NO3. The molecule has 0 saturated carbocycles. The number of hydrogen-bond donors (Lipinski definition) is 0. The molecule has 0 aliphatic carbocycles. The Morgan fingerprint density at radius 3 is 2.65 bits per heavy atom. The number of fused-ring (bicyclic) bond motifs is 2. The molecule has 0 bridgehead atoms. The highest BCUT2D eigenvalue weighted by Crippen LogP contribution is 2.27. The molecule has 0 fully saturated rings. The van der Waals surface area contributed by atoms with Crippen LogP contribution in [0.25, 0.3) is 33.3 Å². The lowest BCUT2D eigenvalue weighted by atomic mass is 10.1. The minimum Gasteiger partial charge on any atom is -0.465 e. The Hall–Kier alpha value is -3.14. The van der Waals surface area contributed by atoms with Crippen LogP contribution in [0.1, 0.15) is 10.4 Å². The first kappa shape index (κ1) is 13.5. The van der Waals surface area contributed by atoms with Gasteiger partial charge in [-0.25, -0.2) is 9.78 Å². The van der Waals surface area contributed by atoms with E-state index in [1.807, 2.05) is 30.3 Å². The lowest BCUT2D eigenvalue weighted by Gasteiger charge is -1.99. The van der Waals surface area contributed by atoms with Crippen LogP contribution in [0.2, 0.25) is 0 Å². The molecule has 0 spiro atoms. The summed E-state index contributed by atoms with van der Waals surface area (Å²) < 4.78 is 10.5. The molecule has 0 aliphatic heterocycles. The fourth-order valence-electron chi connectivity index (χ4n) is 2.62. The van der Waals surface area contributed by atoms with Gasteiger partial charge in [-0.3, -0.25) is 0 Å². The van der Waals surface area contributed by atoms with Crippen molar-refractivity contribution < 1.29 is 13.9 Å². The van der Waals surface area contributed by atoms with Gasteiger partial charge in [0.05, 0.1) is 12.7 Å². The fourth-order valence-corrected chi connectivity index (χ4v) is 2.62. The van der Waals surface area contributed by atoms with Crippen LogP contribution in [0.15, 0.2) is 65.1 Å². The second kappa shape index (κ2) is 5.25. The number of methoxy groups -OCH3 is 1. The smallest absolute Gasteiger partial charge is 0.337 e. The van der Waals surface area contributed by atoms with Crippen molar-refractivity contribution in [2.24, 2.45) is 0 Å². The molecule has 4 rings (SSSR count). The molecule has 0 aliphatic rings. The summed E-state index contributed by atoms with van der Waals surface area (Å²) in [5.41, 5.74) is 2.62. The average Bonchev–Trinajstić information content (AvgIpc) is 3.03. The summed E-state index contributed by atoms with van der Waals surface area (Å²) in [5, 5.41) is 2.29. The van der Waals surface area contributed by atoms with Crippen LogP contribution in [-0.4, -0.2) is 18.1 Å². The maximum Gasteiger partial charge on any atom is 0.337 e. The van der Waals surface area contributed by atoms with Crippen LogP contribution in [0.5, 0.6) is 0 Å². The number of carbonyl (C=O) groups is 1. The van der Waals surface area contributed by atoms with Crippen molar-refractivity contribution in [3.8, 4) is 11.5 Å². The minimum absolute atomic E-state index is 0.393. The number of benzene rings is 3. The predicted octanol–water partition coefficient (Wildman–Crippen LogP) is 4.43. The topological polar surface area (TPSA) is 52.3 Å². The summed E-state index contributed by atoms with van der Waals surface area (Å²) in [5.74, 6) is 0.142. The van der Waals surface area contributed by atoms with Gasteiger partial charge < -0.3 is 9.15 Å². The van der Waals surface area contributed by atoms with Gasteiger partial charge in [0.2, 0.25) is 5.89 Å². The fraction of sp³-hybridized carbons (Fsp3) is 0.0526. The monoisotopic (exact) mass is 303 g/mol. The zero-order chi connectivity index (χ0) is 15.8. The summed E-state index contributed by atoms with van der Waals surface area (Å²) in [6, 6.07) is 19.3. The average molecular weight is 303 g/mol. The van der Waals surface area contributed by atoms with E-state index >= 15 is 0 Å². The number of nitrogens with zero attached hydrogens (tertiary/aromatic N) is 1. The van der Waals surface area contributed by atoms with E-state index in [2.05, 4.69) is 17.1 Å². The highest BCUT2D eigenvalue weighted by molar-refractivity contribution is 5.93. The van der Waals surface area contributed by atoms with Gasteiger partial charge in [-0.1, -0.05) is 30.3 Å². The van der Waals surface area contributed by atoms with Gasteiger partial charge in [0.25, 0.3) is 0 Å². The number of esters is 1. The maximum atomic E-state index is 11.6. The predicted molar refractivity (Wildman–Crippen MR) is 88.3 cm³/mol. The number of carbonyl (C=O) groups excluding carboxylic acids is 1. The first-order valence-electron chi connectivity index (χ1n) is 7.23. The van der Waals surface area contributed by atoms with Crippen molar-refractivity contribution in [2.75, 3.05) is 7.11 Å². The number of rotatable bonds is 2. The number of oxazole rings is 1. The van der Waals surface area contributed by atoms with Crippen LogP contribution in [0.4, 0.5) is 0 Å². The Morgan fingerprint density at radius 2 is 1.83 bits per heavy atom. The van der Waals surface area contributed by atoms with E-state index in [1.54, 1.807) is 18.2 Å². The van der Waals surface area contributed by atoms with E-state index < -0.39 is 5.97 Å². The van der Waals surface area contributed by atoms with E-state index in [-0.39, 0.29) is 0 Å². The van der Waals surface area contributed by atoms with Crippen LogP contribution in [0.3, 0.4) is 0 Å². The molecule has 4 nitrogen and oxygen atoms in total. The molecule has 0 N–H and O–H groups in total. The normalized spacial score (nSPS) is 11.0. The van der Waals surface area contributed by atoms with Gasteiger partial charge >= 0.3 is 5.97 Å². The first-order chi connectivity index (χ1) is 11.2. The lowest BCUT2D eigenvalue weighted by Crippen LogP contribution is -2.00. The zero-order valence-corrected chi connectivity index (χ0v) is 12.4. The van der Waals surface area contributed by atoms with Gasteiger partial charge in [-0.2, -0.15) is 0 Å². The largest absolute Gasteiger partial charge is 0.465 e. The molecule has 112 valence electrons. The third-order valence-electron chi connectivity index (χ3n) is 3.81. The van der Waals surface area contributed by atoms with E-state index in [0.717, 1.165) is 10.9 Å². The molecule has 4 aromatic rings. The van der Waals surface area contributed by atoms with Crippen LogP contribution in [-0.2, 0) is 4.74 Å². The minimum atomic E-state index is -0.393. The third kappa shape index (κ3) is 2.34. The molecule has 23 heavy (non-hydrogen) atoms. The summed E-state index contributed by atoms with van der Waals surface area (Å²) in [7, 11) is 1.35. The molecule has 0 saturated heterocycles. The maximum absolute atomic E-state index is 11.6. The van der Waals surface area contributed by atoms with E-state index in [9.17, 15) is 4.79 Å². The van der Waals surface area contributed by atoms with Crippen molar-refractivity contribution in [1.82, 2.24) is 4.98 Å². The Labute approximate surface area is 132 Å². The summed E-state index contributed by atoms with van der Waals surface area (Å²) in [6.07, 6.45) is 0. The Kier molecular flexibility index (Phi) is 3.08. The highest BCUT2D eigenvalue weighted by Gasteiger charge is 2.12. The lowest BCUT2D eigenvalue weighted by molar-refractivity contribution is 0.0601. The molecule has 1 heterocycles. The summed E-state index contributed by atoms with van der Waals surface area (Å²) in [6.45, 7) is 0. The number of hydrogen-bond acceptors (Lipinski definition) is 4. The molecule has 0 amide bonds. The SMILES string of the molecule is COC(=O)c1ccc2nc(-c3ccc4ccccc4c3)oc2c1. The van der Waals surface area contributed by atoms with Crippen LogP contribution in [0, 0.1) is 0 Å². The Morgan fingerprint density at radius 1 is 1.00 bits per heavy atom. The molecule has 4 heteroatoms. The summed E-state index contributed by atoms with van der Waals surface area (Å²) in [4.78, 5) is 16.1. The van der Waals surface area contributed by atoms with E-state index in [0.29, 0.717) is 22.6 Å². The third-order valence-corrected chi connectivity index (χ3v) is 3.81. The first-order valence-corrected chi connectivity index (χ1v) is 7.23. The molecule has 1 aromatic heterocycles. The van der Waals surface area contributed by atoms with Crippen molar-refractivity contribution in [2.45, 2.75) is 0 Å². The Bertz CT molecular complexity index is 1030. The van der Waals surface area contributed by atoms with Gasteiger partial charge in [-0.15, -0.1) is 0 Å².